The molecule has 132 valence electrons. The monoisotopic (exact) mass is 433 g/mol. The highest BCUT2D eigenvalue weighted by molar-refractivity contribution is 9.10. The first-order valence-corrected chi connectivity index (χ1v) is 8.98. The molecule has 0 unspecified atom stereocenters. The number of carbonyl (C=O) groups excluding carboxylic acids is 1. The number of hydrogen-bond acceptors (Lipinski definition) is 6. The summed E-state index contributed by atoms with van der Waals surface area (Å²) < 4.78 is 2.65. The zero-order chi connectivity index (χ0) is 18.5. The predicted molar refractivity (Wildman–Crippen MR) is 102 cm³/mol. The van der Waals surface area contributed by atoms with E-state index in [4.69, 9.17) is 0 Å². The van der Waals surface area contributed by atoms with Gasteiger partial charge in [0.15, 0.2) is 5.69 Å². The van der Waals surface area contributed by atoms with Gasteiger partial charge in [-0.3, -0.25) is 19.6 Å². The number of nitro groups is 1. The SMILES string of the molecule is O=C(NN=Cc1ccc([N+](=O)[O-])s1)c1ccn(Cc2ccc(Br)cc2)n1. The molecule has 0 atom stereocenters. The molecule has 1 aromatic carbocycles. The van der Waals surface area contributed by atoms with Gasteiger partial charge in [-0.2, -0.15) is 10.2 Å². The Bertz CT molecular complexity index is 964. The van der Waals surface area contributed by atoms with Crippen molar-refractivity contribution in [1.29, 1.82) is 0 Å². The third-order valence-corrected chi connectivity index (χ3v) is 4.78. The average Bonchev–Trinajstić information content (AvgIpc) is 3.26. The lowest BCUT2D eigenvalue weighted by Crippen LogP contribution is -2.18. The van der Waals surface area contributed by atoms with E-state index < -0.39 is 10.8 Å². The lowest BCUT2D eigenvalue weighted by atomic mass is 10.2. The van der Waals surface area contributed by atoms with E-state index in [2.05, 4.69) is 31.6 Å². The maximum Gasteiger partial charge on any atom is 0.324 e. The maximum atomic E-state index is 12.0. The Morgan fingerprint density at radius 2 is 2.08 bits per heavy atom. The molecular formula is C16H12BrN5O3S. The molecule has 3 aromatic rings. The first-order chi connectivity index (χ1) is 12.5. The number of rotatable bonds is 6. The Labute approximate surface area is 160 Å². The van der Waals surface area contributed by atoms with Gasteiger partial charge in [0.2, 0.25) is 0 Å². The van der Waals surface area contributed by atoms with E-state index in [1.165, 1.54) is 12.3 Å². The van der Waals surface area contributed by atoms with Crippen LogP contribution < -0.4 is 5.43 Å². The van der Waals surface area contributed by atoms with Gasteiger partial charge in [-0.05, 0) is 29.8 Å². The van der Waals surface area contributed by atoms with Crippen LogP contribution in [0, 0.1) is 10.1 Å². The number of thiophene rings is 1. The summed E-state index contributed by atoms with van der Waals surface area (Å²) in [6, 6.07) is 12.4. The number of hydrazone groups is 1. The minimum atomic E-state index is -0.474. The van der Waals surface area contributed by atoms with Crippen molar-refractivity contribution in [2.75, 3.05) is 0 Å². The number of nitrogens with one attached hydrogen (secondary N) is 1. The summed E-state index contributed by atoms with van der Waals surface area (Å²) in [5.41, 5.74) is 3.64. The summed E-state index contributed by atoms with van der Waals surface area (Å²) in [6.45, 7) is 0.544. The highest BCUT2D eigenvalue weighted by atomic mass is 79.9. The molecule has 1 N–H and O–H groups in total. The summed E-state index contributed by atoms with van der Waals surface area (Å²) >= 11 is 4.35. The van der Waals surface area contributed by atoms with Crippen LogP contribution in [0.15, 0.2) is 58.2 Å². The minimum Gasteiger partial charge on any atom is -0.268 e. The lowest BCUT2D eigenvalue weighted by molar-refractivity contribution is -0.380. The van der Waals surface area contributed by atoms with E-state index in [9.17, 15) is 14.9 Å². The third kappa shape index (κ3) is 4.61. The molecule has 3 rings (SSSR count). The zero-order valence-corrected chi connectivity index (χ0v) is 15.6. The normalized spacial score (nSPS) is 11.0. The van der Waals surface area contributed by atoms with E-state index in [-0.39, 0.29) is 10.7 Å². The second kappa shape index (κ2) is 8.02. The summed E-state index contributed by atoms with van der Waals surface area (Å²) in [7, 11) is 0. The molecule has 8 nitrogen and oxygen atoms in total. The molecule has 0 spiro atoms. The quantitative estimate of drug-likeness (QED) is 0.365. The van der Waals surface area contributed by atoms with Gasteiger partial charge in [-0.15, -0.1) is 0 Å². The van der Waals surface area contributed by atoms with Crippen LogP contribution >= 0.6 is 27.3 Å². The number of carbonyl (C=O) groups is 1. The Morgan fingerprint density at radius 1 is 1.31 bits per heavy atom. The van der Waals surface area contributed by atoms with E-state index in [1.807, 2.05) is 24.3 Å². The Balaban J connectivity index is 1.58. The van der Waals surface area contributed by atoms with E-state index in [0.717, 1.165) is 21.4 Å². The number of hydrogen-bond donors (Lipinski definition) is 1. The van der Waals surface area contributed by atoms with Crippen LogP contribution in [0.4, 0.5) is 5.00 Å². The van der Waals surface area contributed by atoms with Crippen molar-refractivity contribution < 1.29 is 9.72 Å². The fourth-order valence-electron chi connectivity index (χ4n) is 2.07. The Kier molecular flexibility index (Phi) is 5.54. The van der Waals surface area contributed by atoms with Crippen LogP contribution in [-0.2, 0) is 6.54 Å². The second-order valence-corrected chi connectivity index (χ2v) is 7.17. The number of amides is 1. The number of nitrogens with zero attached hydrogens (tertiary/aromatic N) is 4. The summed E-state index contributed by atoms with van der Waals surface area (Å²) in [4.78, 5) is 22.8. The molecule has 1 amide bonds. The van der Waals surface area contributed by atoms with Crippen LogP contribution in [0.5, 0.6) is 0 Å². The van der Waals surface area contributed by atoms with E-state index in [1.54, 1.807) is 23.0 Å². The molecule has 0 saturated carbocycles. The highest BCUT2D eigenvalue weighted by Crippen LogP contribution is 2.22. The zero-order valence-electron chi connectivity index (χ0n) is 13.2. The molecule has 26 heavy (non-hydrogen) atoms. The van der Waals surface area contributed by atoms with Crippen molar-refractivity contribution in [3.05, 3.63) is 79.4 Å². The van der Waals surface area contributed by atoms with Crippen molar-refractivity contribution in [3.8, 4) is 0 Å². The van der Waals surface area contributed by atoms with Gasteiger partial charge >= 0.3 is 5.00 Å². The Morgan fingerprint density at radius 3 is 2.77 bits per heavy atom. The molecule has 0 aliphatic heterocycles. The molecular weight excluding hydrogens is 422 g/mol. The molecule has 0 aliphatic rings. The van der Waals surface area contributed by atoms with Gasteiger partial charge in [-0.1, -0.05) is 39.4 Å². The molecule has 2 aromatic heterocycles. The van der Waals surface area contributed by atoms with Crippen molar-refractivity contribution in [2.24, 2.45) is 5.10 Å². The standard InChI is InChI=1S/C16H12BrN5O3S/c17-12-3-1-11(2-4-12)10-21-8-7-14(20-21)16(23)19-18-9-13-5-6-15(26-13)22(24)25/h1-9H,10H2,(H,19,23). The van der Waals surface area contributed by atoms with Crippen molar-refractivity contribution in [1.82, 2.24) is 15.2 Å². The third-order valence-electron chi connectivity index (χ3n) is 3.28. The van der Waals surface area contributed by atoms with Crippen LogP contribution in [0.25, 0.3) is 0 Å². The lowest BCUT2D eigenvalue weighted by Gasteiger charge is -2.02. The van der Waals surface area contributed by atoms with Crippen LogP contribution in [0.2, 0.25) is 0 Å². The van der Waals surface area contributed by atoms with E-state index in [0.29, 0.717) is 11.4 Å². The smallest absolute Gasteiger partial charge is 0.268 e. The van der Waals surface area contributed by atoms with Gasteiger partial charge in [0.05, 0.1) is 22.6 Å². The van der Waals surface area contributed by atoms with Gasteiger partial charge in [-0.25, -0.2) is 5.43 Å². The fraction of sp³-hybridized carbons (Fsp3) is 0.0625. The number of benzene rings is 1. The largest absolute Gasteiger partial charge is 0.324 e. The average molecular weight is 434 g/mol. The van der Waals surface area contributed by atoms with Gasteiger partial charge in [0, 0.05) is 16.7 Å². The molecule has 0 radical (unpaired) electrons. The number of aromatic nitrogens is 2. The Hall–Kier alpha value is -2.85. The van der Waals surface area contributed by atoms with Crippen molar-refractivity contribution >= 4 is 44.4 Å². The fourth-order valence-corrected chi connectivity index (χ4v) is 3.03. The summed E-state index contributed by atoms with van der Waals surface area (Å²) in [5.74, 6) is -0.457. The highest BCUT2D eigenvalue weighted by Gasteiger charge is 2.10. The summed E-state index contributed by atoms with van der Waals surface area (Å²) in [5, 5.41) is 18.7. The van der Waals surface area contributed by atoms with Gasteiger partial charge in [0.1, 0.15) is 0 Å². The van der Waals surface area contributed by atoms with Crippen LogP contribution in [0.3, 0.4) is 0 Å². The first kappa shape index (κ1) is 18.0. The van der Waals surface area contributed by atoms with E-state index >= 15 is 0 Å². The number of halogens is 1. The molecule has 0 aliphatic carbocycles. The van der Waals surface area contributed by atoms with Gasteiger partial charge in [0.25, 0.3) is 5.91 Å². The maximum absolute atomic E-state index is 12.0. The molecule has 0 saturated heterocycles. The van der Waals surface area contributed by atoms with Crippen LogP contribution in [0.1, 0.15) is 20.9 Å². The molecule has 0 fully saturated rings. The van der Waals surface area contributed by atoms with Crippen LogP contribution in [-0.4, -0.2) is 26.8 Å². The van der Waals surface area contributed by atoms with Crippen molar-refractivity contribution in [2.45, 2.75) is 6.54 Å². The summed E-state index contributed by atoms with van der Waals surface area (Å²) in [6.07, 6.45) is 3.07. The predicted octanol–water partition coefficient (Wildman–Crippen LogP) is 3.43. The minimum absolute atomic E-state index is 0.0180. The van der Waals surface area contributed by atoms with Crippen molar-refractivity contribution in [3.63, 3.8) is 0 Å². The molecule has 10 heteroatoms. The second-order valence-electron chi connectivity index (χ2n) is 5.16. The van der Waals surface area contributed by atoms with Gasteiger partial charge < -0.3 is 0 Å². The molecule has 0 bridgehead atoms. The molecule has 2 heterocycles. The topological polar surface area (TPSA) is 102 Å². The first-order valence-electron chi connectivity index (χ1n) is 7.37.